The van der Waals surface area contributed by atoms with E-state index >= 15 is 0 Å². The summed E-state index contributed by atoms with van der Waals surface area (Å²) in [5, 5.41) is 6.61. The van der Waals surface area contributed by atoms with E-state index < -0.39 is 6.61 Å². The normalized spacial score (nSPS) is 15.7. The largest absolute Gasteiger partial charge is 0.434 e. The summed E-state index contributed by atoms with van der Waals surface area (Å²) >= 11 is 0. The molecule has 154 valence electrons. The molecule has 0 aromatic heterocycles. The van der Waals surface area contributed by atoms with Gasteiger partial charge in [0.25, 0.3) is 0 Å². The number of nitrogens with one attached hydrogen (secondary N) is 2. The summed E-state index contributed by atoms with van der Waals surface area (Å²) in [4.78, 5) is 4.53. The van der Waals surface area contributed by atoms with E-state index in [0.29, 0.717) is 11.5 Å². The Kier molecular flexibility index (Phi) is 10.9. The zero-order valence-corrected chi connectivity index (χ0v) is 18.3. The van der Waals surface area contributed by atoms with Gasteiger partial charge >= 0.3 is 6.61 Å². The monoisotopic (exact) mass is 497 g/mol. The maximum Gasteiger partial charge on any atom is 0.387 e. The molecule has 1 aliphatic carbocycles. The summed E-state index contributed by atoms with van der Waals surface area (Å²) in [7, 11) is 1.73. The molecule has 0 amide bonds. The number of guanidine groups is 1. The number of aliphatic imine (C=N–C) groups is 1. The van der Waals surface area contributed by atoms with Crippen molar-refractivity contribution < 1.29 is 18.3 Å². The van der Waals surface area contributed by atoms with Crippen LogP contribution in [0.3, 0.4) is 0 Å². The van der Waals surface area contributed by atoms with Gasteiger partial charge in [-0.25, -0.2) is 4.99 Å². The molecule has 27 heavy (non-hydrogen) atoms. The first-order chi connectivity index (χ1) is 12.6. The van der Waals surface area contributed by atoms with Gasteiger partial charge in [0.15, 0.2) is 5.96 Å². The van der Waals surface area contributed by atoms with E-state index in [1.54, 1.807) is 25.3 Å². The molecule has 0 unspecified atom stereocenters. The molecule has 8 heteroatoms. The lowest BCUT2D eigenvalue weighted by Gasteiger charge is -2.42. The van der Waals surface area contributed by atoms with Crippen LogP contribution >= 0.6 is 24.0 Å². The summed E-state index contributed by atoms with van der Waals surface area (Å²) in [5.74, 6) is 0.848. The molecule has 2 N–H and O–H groups in total. The van der Waals surface area contributed by atoms with Crippen LogP contribution in [0.1, 0.15) is 38.2 Å². The lowest BCUT2D eigenvalue weighted by atomic mass is 9.67. The number of hydrogen-bond acceptors (Lipinski definition) is 3. The second kappa shape index (κ2) is 12.3. The Labute approximate surface area is 177 Å². The number of nitrogens with zero attached hydrogens (tertiary/aromatic N) is 1. The van der Waals surface area contributed by atoms with Crippen molar-refractivity contribution in [3.63, 3.8) is 0 Å². The van der Waals surface area contributed by atoms with E-state index in [1.165, 1.54) is 25.3 Å². The molecule has 0 saturated heterocycles. The van der Waals surface area contributed by atoms with E-state index in [9.17, 15) is 8.78 Å². The highest BCUT2D eigenvalue weighted by Gasteiger charge is 2.36. The van der Waals surface area contributed by atoms with Gasteiger partial charge < -0.3 is 20.1 Å². The first kappa shape index (κ1) is 23.9. The summed E-state index contributed by atoms with van der Waals surface area (Å²) in [5.41, 5.74) is 0.894. The van der Waals surface area contributed by atoms with Crippen LogP contribution in [0.5, 0.6) is 5.75 Å². The minimum atomic E-state index is -2.84. The number of halogens is 3. The molecule has 0 bridgehead atoms. The van der Waals surface area contributed by atoms with Gasteiger partial charge in [0.05, 0.1) is 6.54 Å². The Bertz CT molecular complexity index is 584. The lowest BCUT2D eigenvalue weighted by Crippen LogP contribution is -2.46. The Balaban J connectivity index is 0.00000364. The Morgan fingerprint density at radius 3 is 2.59 bits per heavy atom. The average molecular weight is 497 g/mol. The van der Waals surface area contributed by atoms with E-state index in [0.717, 1.165) is 26.1 Å². The molecule has 0 aliphatic heterocycles. The summed E-state index contributed by atoms with van der Waals surface area (Å²) in [6, 6.07) is 6.74. The van der Waals surface area contributed by atoms with Crippen LogP contribution in [0.25, 0.3) is 0 Å². The molecule has 0 atom stereocenters. The van der Waals surface area contributed by atoms with Crippen LogP contribution in [0, 0.1) is 5.41 Å². The highest BCUT2D eigenvalue weighted by molar-refractivity contribution is 14.0. The minimum Gasteiger partial charge on any atom is -0.434 e. The zero-order chi connectivity index (χ0) is 18.8. The second-order valence-corrected chi connectivity index (χ2v) is 6.63. The first-order valence-electron chi connectivity index (χ1n) is 9.12. The quantitative estimate of drug-likeness (QED) is 0.290. The van der Waals surface area contributed by atoms with Crippen molar-refractivity contribution in [3.05, 3.63) is 29.8 Å². The number of methoxy groups -OCH3 is 1. The molecule has 2 rings (SSSR count). The Morgan fingerprint density at radius 2 is 2.00 bits per heavy atom. The van der Waals surface area contributed by atoms with E-state index in [-0.39, 0.29) is 41.7 Å². The third kappa shape index (κ3) is 7.77. The Morgan fingerprint density at radius 1 is 1.26 bits per heavy atom. The van der Waals surface area contributed by atoms with Gasteiger partial charge in [-0.05, 0) is 37.7 Å². The van der Waals surface area contributed by atoms with Crippen molar-refractivity contribution >= 4 is 29.9 Å². The average Bonchev–Trinajstić information content (AvgIpc) is 2.59. The molecule has 1 aromatic carbocycles. The van der Waals surface area contributed by atoms with Crippen molar-refractivity contribution in [2.24, 2.45) is 10.4 Å². The fourth-order valence-corrected chi connectivity index (χ4v) is 3.13. The van der Waals surface area contributed by atoms with Crippen LogP contribution in [-0.2, 0) is 11.3 Å². The number of hydrogen-bond donors (Lipinski definition) is 2. The van der Waals surface area contributed by atoms with Gasteiger partial charge in [-0.3, -0.25) is 0 Å². The molecule has 1 fully saturated rings. The molecule has 1 aliphatic rings. The highest BCUT2D eigenvalue weighted by atomic mass is 127. The molecular weight excluding hydrogens is 467 g/mol. The molecule has 1 saturated carbocycles. The third-order valence-corrected chi connectivity index (χ3v) is 4.82. The van der Waals surface area contributed by atoms with Gasteiger partial charge in [0, 0.05) is 32.4 Å². The third-order valence-electron chi connectivity index (χ3n) is 4.82. The van der Waals surface area contributed by atoms with E-state index in [2.05, 4.69) is 20.4 Å². The molecule has 0 heterocycles. The number of benzene rings is 1. The highest BCUT2D eigenvalue weighted by Crippen LogP contribution is 2.43. The van der Waals surface area contributed by atoms with Crippen molar-refractivity contribution in [2.75, 3.05) is 26.8 Å². The standard InChI is InChI=1S/C19H29F2N3O2.HI/c1-3-22-18(24-14-19(9-6-10-19)11-12-25-2)23-13-15-7-4-5-8-16(15)26-17(20)21;/h4-5,7-8,17H,3,6,9-14H2,1-2H3,(H2,22,23,24);1H. The van der Waals surface area contributed by atoms with Gasteiger partial charge in [0.1, 0.15) is 5.75 Å². The van der Waals surface area contributed by atoms with Crippen molar-refractivity contribution in [3.8, 4) is 5.75 Å². The number of alkyl halides is 2. The fourth-order valence-electron chi connectivity index (χ4n) is 3.13. The van der Waals surface area contributed by atoms with Crippen molar-refractivity contribution in [2.45, 2.75) is 45.8 Å². The van der Waals surface area contributed by atoms with E-state index in [1.807, 2.05) is 6.92 Å². The van der Waals surface area contributed by atoms with Gasteiger partial charge in [-0.15, -0.1) is 24.0 Å². The zero-order valence-electron chi connectivity index (χ0n) is 16.0. The van der Waals surface area contributed by atoms with Crippen LogP contribution in [0.2, 0.25) is 0 Å². The van der Waals surface area contributed by atoms with Gasteiger partial charge in [-0.2, -0.15) is 8.78 Å². The predicted octanol–water partition coefficient (Wildman–Crippen LogP) is 4.17. The minimum absolute atomic E-state index is 0. The van der Waals surface area contributed by atoms with Gasteiger partial charge in [0.2, 0.25) is 0 Å². The maximum atomic E-state index is 12.5. The SMILES string of the molecule is CCNC(=NCc1ccccc1OC(F)F)NCC1(CCOC)CCC1.I. The van der Waals surface area contributed by atoms with Crippen LogP contribution in [0.15, 0.2) is 29.3 Å². The van der Waals surface area contributed by atoms with Crippen molar-refractivity contribution in [1.29, 1.82) is 0 Å². The van der Waals surface area contributed by atoms with Crippen LogP contribution in [-0.4, -0.2) is 39.4 Å². The topological polar surface area (TPSA) is 54.9 Å². The smallest absolute Gasteiger partial charge is 0.387 e. The molecule has 1 aromatic rings. The molecule has 0 radical (unpaired) electrons. The molecule has 0 spiro atoms. The van der Waals surface area contributed by atoms with Crippen molar-refractivity contribution in [1.82, 2.24) is 10.6 Å². The number of rotatable bonds is 10. The van der Waals surface area contributed by atoms with Crippen LogP contribution in [0.4, 0.5) is 8.78 Å². The van der Waals surface area contributed by atoms with Gasteiger partial charge in [-0.1, -0.05) is 24.6 Å². The Hall–Kier alpha value is -1.16. The lowest BCUT2D eigenvalue weighted by molar-refractivity contribution is -0.0504. The first-order valence-corrected chi connectivity index (χ1v) is 9.12. The number of ether oxygens (including phenoxy) is 2. The second-order valence-electron chi connectivity index (χ2n) is 6.63. The maximum absolute atomic E-state index is 12.5. The summed E-state index contributed by atoms with van der Waals surface area (Å²) < 4.78 is 34.8. The summed E-state index contributed by atoms with van der Waals surface area (Å²) in [6.07, 6.45) is 4.65. The number of para-hydroxylation sites is 1. The molecular formula is C19H30F2IN3O2. The predicted molar refractivity (Wildman–Crippen MR) is 114 cm³/mol. The van der Waals surface area contributed by atoms with Crippen LogP contribution < -0.4 is 15.4 Å². The van der Waals surface area contributed by atoms with E-state index in [4.69, 9.17) is 4.74 Å². The fraction of sp³-hybridized carbons (Fsp3) is 0.632. The summed E-state index contributed by atoms with van der Waals surface area (Å²) in [6.45, 7) is 1.74. The molecule has 5 nitrogen and oxygen atoms in total.